The van der Waals surface area contributed by atoms with Crippen molar-refractivity contribution in [1.82, 2.24) is 0 Å². The van der Waals surface area contributed by atoms with Crippen LogP contribution in [0.25, 0.3) is 0 Å². The Bertz CT molecular complexity index is 1030. The van der Waals surface area contributed by atoms with E-state index in [0.717, 1.165) is 18.4 Å². The fourth-order valence-electron chi connectivity index (χ4n) is 2.72. The summed E-state index contributed by atoms with van der Waals surface area (Å²) in [6, 6.07) is 16.0. The van der Waals surface area contributed by atoms with E-state index in [1.54, 1.807) is 12.1 Å². The topological polar surface area (TPSA) is 78.8 Å². The third kappa shape index (κ3) is 6.25. The molecule has 3 N–H and O–H groups in total. The van der Waals surface area contributed by atoms with Gasteiger partial charge in [0.1, 0.15) is 17.5 Å². The number of hydrogen-bond acceptors (Lipinski definition) is 4. The van der Waals surface area contributed by atoms with Gasteiger partial charge in [0.05, 0.1) is 14.3 Å². The van der Waals surface area contributed by atoms with Crippen molar-refractivity contribution >= 4 is 102 Å². The average molecular weight is 853 g/mol. The zero-order chi connectivity index (χ0) is 21.8. The zero-order valence-electron chi connectivity index (χ0n) is 15.2. The van der Waals surface area contributed by atoms with Crippen LogP contribution in [-0.2, 0) is 11.2 Å². The molecule has 9 heteroatoms. The second kappa shape index (κ2) is 10.8. The van der Waals surface area contributed by atoms with Crippen LogP contribution in [0.5, 0.6) is 17.2 Å². The van der Waals surface area contributed by atoms with Gasteiger partial charge in [-0.15, -0.1) is 0 Å². The molecule has 0 saturated carbocycles. The van der Waals surface area contributed by atoms with Crippen molar-refractivity contribution < 1.29 is 19.7 Å². The van der Waals surface area contributed by atoms with Gasteiger partial charge in [0.2, 0.25) is 0 Å². The molecule has 0 aliphatic heterocycles. The minimum atomic E-state index is -0.905. The number of aliphatic carboxylic acids is 1. The minimum absolute atomic E-state index is 0.244. The van der Waals surface area contributed by atoms with Gasteiger partial charge in [-0.2, -0.15) is 0 Å². The Morgan fingerprint density at radius 3 is 2.03 bits per heavy atom. The lowest BCUT2D eigenvalue weighted by molar-refractivity contribution is -0.137. The molecule has 0 aromatic heterocycles. The Morgan fingerprint density at radius 2 is 1.50 bits per heavy atom. The van der Waals surface area contributed by atoms with E-state index in [-0.39, 0.29) is 5.75 Å². The molecule has 0 amide bonds. The van der Waals surface area contributed by atoms with E-state index in [9.17, 15) is 15.0 Å². The number of nitrogens with one attached hydrogen (secondary N) is 1. The second-order valence-electron chi connectivity index (χ2n) is 6.33. The van der Waals surface area contributed by atoms with Crippen molar-refractivity contribution in [2.45, 2.75) is 12.5 Å². The van der Waals surface area contributed by atoms with Crippen LogP contribution in [0.3, 0.4) is 0 Å². The van der Waals surface area contributed by atoms with Gasteiger partial charge < -0.3 is 20.3 Å². The number of benzene rings is 3. The molecule has 0 heterocycles. The number of carbonyl (C=O) groups is 1. The lowest BCUT2D eigenvalue weighted by Gasteiger charge is -2.18. The number of carboxylic acid groups (broad SMARTS) is 1. The molecule has 3 aromatic carbocycles. The summed E-state index contributed by atoms with van der Waals surface area (Å²) in [6.07, 6.45) is 0.339. The molecular weight excluding hydrogens is 838 g/mol. The van der Waals surface area contributed by atoms with Crippen LogP contribution in [0.4, 0.5) is 5.69 Å². The van der Waals surface area contributed by atoms with Gasteiger partial charge in [0.25, 0.3) is 0 Å². The summed E-state index contributed by atoms with van der Waals surface area (Å²) in [5.74, 6) is 0.686. The molecule has 3 aromatic rings. The van der Waals surface area contributed by atoms with E-state index in [4.69, 9.17) is 4.74 Å². The molecule has 0 fully saturated rings. The predicted octanol–water partition coefficient (Wildman–Crippen LogP) is 6.71. The molecule has 5 nitrogen and oxygen atoms in total. The van der Waals surface area contributed by atoms with Crippen LogP contribution < -0.4 is 10.1 Å². The number of hydrogen-bond donors (Lipinski definition) is 3. The molecule has 30 heavy (non-hydrogen) atoms. The maximum Gasteiger partial charge on any atom is 0.326 e. The number of halogens is 4. The SMILES string of the molecule is O=C(O)C(Cc1cc(I)c(Oc2cc(I)c(O)c(I)c2)c(I)c1)Nc1ccccc1. The monoisotopic (exact) mass is 853 g/mol. The number of para-hydroxylation sites is 1. The fraction of sp³-hybridized carbons (Fsp3) is 0.0952. The van der Waals surface area contributed by atoms with Gasteiger partial charge in [-0.1, -0.05) is 18.2 Å². The minimum Gasteiger partial charge on any atom is -0.506 e. The first-order valence-electron chi connectivity index (χ1n) is 8.62. The van der Waals surface area contributed by atoms with E-state index in [0.29, 0.717) is 25.1 Å². The van der Waals surface area contributed by atoms with E-state index >= 15 is 0 Å². The Labute approximate surface area is 228 Å². The molecule has 0 radical (unpaired) electrons. The van der Waals surface area contributed by atoms with Crippen molar-refractivity contribution in [3.8, 4) is 17.2 Å². The summed E-state index contributed by atoms with van der Waals surface area (Å²) >= 11 is 8.54. The summed E-state index contributed by atoms with van der Waals surface area (Å²) < 4.78 is 9.29. The van der Waals surface area contributed by atoms with Gasteiger partial charge in [-0.05, 0) is 132 Å². The predicted molar refractivity (Wildman–Crippen MR) is 151 cm³/mol. The molecule has 156 valence electrons. The highest BCUT2D eigenvalue weighted by molar-refractivity contribution is 14.1. The molecule has 1 unspecified atom stereocenters. The molecular formula is C21H15I4NO4. The number of anilines is 1. The summed E-state index contributed by atoms with van der Waals surface area (Å²) in [5, 5.41) is 22.7. The maximum atomic E-state index is 11.8. The van der Waals surface area contributed by atoms with Crippen molar-refractivity contribution in [2.24, 2.45) is 0 Å². The number of ether oxygens (including phenoxy) is 1. The molecule has 0 bridgehead atoms. The molecule has 3 rings (SSSR count). The normalized spacial score (nSPS) is 11.7. The first-order valence-corrected chi connectivity index (χ1v) is 12.9. The summed E-state index contributed by atoms with van der Waals surface area (Å²) in [6.45, 7) is 0. The first kappa shape index (κ1) is 24.1. The van der Waals surface area contributed by atoms with Crippen molar-refractivity contribution in [3.05, 3.63) is 74.4 Å². The Morgan fingerprint density at radius 1 is 0.933 bits per heavy atom. The average Bonchev–Trinajstić information content (AvgIpc) is 2.69. The van der Waals surface area contributed by atoms with E-state index < -0.39 is 12.0 Å². The van der Waals surface area contributed by atoms with E-state index in [1.165, 1.54) is 0 Å². The quantitative estimate of drug-likeness (QED) is 0.231. The first-order chi connectivity index (χ1) is 14.2. The fourth-order valence-corrected chi connectivity index (χ4v) is 6.55. The van der Waals surface area contributed by atoms with E-state index in [2.05, 4.69) is 95.7 Å². The summed E-state index contributed by atoms with van der Waals surface area (Å²) in [7, 11) is 0. The number of phenolic OH excluding ortho intramolecular Hbond substituents is 1. The van der Waals surface area contributed by atoms with Crippen molar-refractivity contribution in [1.29, 1.82) is 0 Å². The third-order valence-electron chi connectivity index (χ3n) is 4.12. The summed E-state index contributed by atoms with van der Waals surface area (Å²) in [5.41, 5.74) is 1.67. The van der Waals surface area contributed by atoms with Gasteiger partial charge in [0, 0.05) is 12.1 Å². The number of phenols is 1. The lowest BCUT2D eigenvalue weighted by Crippen LogP contribution is -2.31. The van der Waals surface area contributed by atoms with Crippen LogP contribution in [0.15, 0.2) is 54.6 Å². The number of aromatic hydroxyl groups is 1. The molecule has 0 saturated heterocycles. The highest BCUT2D eigenvalue weighted by Gasteiger charge is 2.20. The van der Waals surface area contributed by atoms with Gasteiger partial charge in [-0.3, -0.25) is 0 Å². The Kier molecular flexibility index (Phi) is 8.72. The van der Waals surface area contributed by atoms with Crippen LogP contribution in [-0.4, -0.2) is 22.2 Å². The second-order valence-corrected chi connectivity index (χ2v) is 11.0. The molecule has 0 spiro atoms. The molecule has 1 atom stereocenters. The van der Waals surface area contributed by atoms with Crippen molar-refractivity contribution in [2.75, 3.05) is 5.32 Å². The number of rotatable bonds is 7. The smallest absolute Gasteiger partial charge is 0.326 e. The highest BCUT2D eigenvalue weighted by Crippen LogP contribution is 2.37. The largest absolute Gasteiger partial charge is 0.506 e. The number of carboxylic acids is 1. The van der Waals surface area contributed by atoms with Crippen molar-refractivity contribution in [3.63, 3.8) is 0 Å². The zero-order valence-corrected chi connectivity index (χ0v) is 23.8. The molecule has 0 aliphatic rings. The standard InChI is InChI=1S/C21H15I4NO4/c22-14-9-13(10-15(23)19(14)27)30-20-16(24)6-11(7-17(20)25)8-18(21(28)29)26-12-4-2-1-3-5-12/h1-7,9-10,18,26-27H,8H2,(H,28,29). The van der Waals surface area contributed by atoms with Gasteiger partial charge in [0.15, 0.2) is 5.75 Å². The lowest BCUT2D eigenvalue weighted by atomic mass is 10.1. The molecule has 0 aliphatic carbocycles. The van der Waals surface area contributed by atoms with E-state index in [1.807, 2.05) is 42.5 Å². The van der Waals surface area contributed by atoms with Crippen LogP contribution >= 0.6 is 90.4 Å². The highest BCUT2D eigenvalue weighted by atomic mass is 127. The van der Waals surface area contributed by atoms with Gasteiger partial charge in [-0.25, -0.2) is 4.79 Å². The van der Waals surface area contributed by atoms with Crippen LogP contribution in [0.1, 0.15) is 5.56 Å². The van der Waals surface area contributed by atoms with Crippen LogP contribution in [0, 0.1) is 14.3 Å². The Balaban J connectivity index is 1.82. The summed E-state index contributed by atoms with van der Waals surface area (Å²) in [4.78, 5) is 11.8. The third-order valence-corrected chi connectivity index (χ3v) is 7.37. The van der Waals surface area contributed by atoms with Gasteiger partial charge >= 0.3 is 5.97 Å². The maximum absolute atomic E-state index is 11.8. The van der Waals surface area contributed by atoms with Crippen LogP contribution in [0.2, 0.25) is 0 Å². The Hall–Kier alpha value is -0.550.